The number of anilines is 1. The van der Waals surface area contributed by atoms with E-state index in [9.17, 15) is 0 Å². The van der Waals surface area contributed by atoms with Crippen LogP contribution in [0.15, 0.2) is 24.3 Å². The second kappa shape index (κ2) is 5.55. The molecule has 3 aliphatic carbocycles. The lowest BCUT2D eigenvalue weighted by atomic mass is 9.68. The van der Waals surface area contributed by atoms with Gasteiger partial charge in [0.25, 0.3) is 0 Å². The zero-order valence-corrected chi connectivity index (χ0v) is 13.0. The molecular formula is C19H27NO. The van der Waals surface area contributed by atoms with Gasteiger partial charge < -0.3 is 9.64 Å². The summed E-state index contributed by atoms with van der Waals surface area (Å²) in [4.78, 5) is 2.51. The van der Waals surface area contributed by atoms with Gasteiger partial charge in [0.15, 0.2) is 0 Å². The molecular weight excluding hydrogens is 258 g/mol. The standard InChI is InChI=1S/C19H27NO/c1-2-14-20(15-3-1)17-4-6-18(7-5-17)21-19-11-8-16(9-12-19)10-13-19/h4-7,16H,1-3,8-15H2. The van der Waals surface area contributed by atoms with Gasteiger partial charge in [0.1, 0.15) is 11.4 Å². The van der Waals surface area contributed by atoms with Crippen molar-refractivity contribution in [3.05, 3.63) is 24.3 Å². The minimum absolute atomic E-state index is 0.168. The highest BCUT2D eigenvalue weighted by Crippen LogP contribution is 2.46. The van der Waals surface area contributed by atoms with Gasteiger partial charge in [0, 0.05) is 18.8 Å². The third kappa shape index (κ3) is 2.77. The maximum atomic E-state index is 6.45. The molecule has 0 unspecified atom stereocenters. The second-order valence-electron chi connectivity index (χ2n) is 7.31. The number of fused-ring (bicyclic) bond motifs is 3. The first-order chi connectivity index (χ1) is 10.3. The summed E-state index contributed by atoms with van der Waals surface area (Å²) in [5, 5.41) is 0. The van der Waals surface area contributed by atoms with Crippen molar-refractivity contribution in [1.29, 1.82) is 0 Å². The smallest absolute Gasteiger partial charge is 0.120 e. The zero-order valence-electron chi connectivity index (χ0n) is 13.0. The molecule has 1 aromatic carbocycles. The fraction of sp³-hybridized carbons (Fsp3) is 0.684. The number of benzene rings is 1. The molecule has 0 amide bonds. The van der Waals surface area contributed by atoms with Crippen molar-refractivity contribution in [3.8, 4) is 5.75 Å². The van der Waals surface area contributed by atoms with Crippen LogP contribution < -0.4 is 9.64 Å². The Morgan fingerprint density at radius 2 is 1.48 bits per heavy atom. The number of rotatable bonds is 3. The highest BCUT2D eigenvalue weighted by Gasteiger charge is 2.42. The Kier molecular flexibility index (Phi) is 3.56. The first kappa shape index (κ1) is 13.5. The summed E-state index contributed by atoms with van der Waals surface area (Å²) in [6.07, 6.45) is 12.0. The minimum atomic E-state index is 0.168. The van der Waals surface area contributed by atoms with Gasteiger partial charge in [-0.3, -0.25) is 0 Å². The Balaban J connectivity index is 1.44. The topological polar surface area (TPSA) is 12.5 Å². The van der Waals surface area contributed by atoms with Crippen LogP contribution in [0, 0.1) is 5.92 Å². The van der Waals surface area contributed by atoms with Crippen molar-refractivity contribution in [2.45, 2.75) is 63.4 Å². The first-order valence-corrected chi connectivity index (χ1v) is 8.87. The van der Waals surface area contributed by atoms with Gasteiger partial charge in [-0.1, -0.05) is 0 Å². The number of piperidine rings is 1. The van der Waals surface area contributed by atoms with Crippen molar-refractivity contribution < 1.29 is 4.74 Å². The van der Waals surface area contributed by atoms with Crippen LogP contribution in [0.1, 0.15) is 57.8 Å². The van der Waals surface area contributed by atoms with Crippen LogP contribution in [-0.2, 0) is 0 Å². The Morgan fingerprint density at radius 3 is 2.10 bits per heavy atom. The van der Waals surface area contributed by atoms with Crippen molar-refractivity contribution in [3.63, 3.8) is 0 Å². The van der Waals surface area contributed by atoms with E-state index in [0.29, 0.717) is 0 Å². The predicted octanol–water partition coefficient (Wildman–Crippen LogP) is 4.78. The molecule has 21 heavy (non-hydrogen) atoms. The summed E-state index contributed by atoms with van der Waals surface area (Å²) >= 11 is 0. The van der Waals surface area contributed by atoms with Crippen molar-refractivity contribution in [2.24, 2.45) is 5.92 Å². The molecule has 1 heterocycles. The number of hydrogen-bond donors (Lipinski definition) is 0. The molecule has 2 bridgehead atoms. The lowest BCUT2D eigenvalue weighted by molar-refractivity contribution is -0.0323. The number of ether oxygens (including phenoxy) is 1. The normalized spacial score (nSPS) is 32.2. The van der Waals surface area contributed by atoms with Crippen LogP contribution in [0.25, 0.3) is 0 Å². The fourth-order valence-corrected chi connectivity index (χ4v) is 4.49. The fourth-order valence-electron chi connectivity index (χ4n) is 4.49. The van der Waals surface area contributed by atoms with E-state index in [0.717, 1.165) is 11.7 Å². The Hall–Kier alpha value is -1.18. The van der Waals surface area contributed by atoms with E-state index in [1.54, 1.807) is 0 Å². The Bertz CT molecular complexity index is 453. The predicted molar refractivity (Wildman–Crippen MR) is 87.1 cm³/mol. The monoisotopic (exact) mass is 285 g/mol. The van der Waals surface area contributed by atoms with E-state index in [1.165, 1.54) is 76.6 Å². The van der Waals surface area contributed by atoms with E-state index < -0.39 is 0 Å². The van der Waals surface area contributed by atoms with Gasteiger partial charge in [0.05, 0.1) is 0 Å². The highest BCUT2D eigenvalue weighted by atomic mass is 16.5. The molecule has 1 saturated heterocycles. The van der Waals surface area contributed by atoms with Gasteiger partial charge in [-0.25, -0.2) is 0 Å². The third-order valence-corrected chi connectivity index (χ3v) is 5.92. The summed E-state index contributed by atoms with van der Waals surface area (Å²) in [7, 11) is 0. The van der Waals surface area contributed by atoms with E-state index in [1.807, 2.05) is 0 Å². The summed E-state index contributed by atoms with van der Waals surface area (Å²) in [6, 6.07) is 8.90. The molecule has 1 aliphatic heterocycles. The van der Waals surface area contributed by atoms with Gasteiger partial charge >= 0.3 is 0 Å². The average Bonchev–Trinajstić information content (AvgIpc) is 2.58. The highest BCUT2D eigenvalue weighted by molar-refractivity contribution is 5.49. The molecule has 1 aromatic rings. The van der Waals surface area contributed by atoms with Crippen LogP contribution in [-0.4, -0.2) is 18.7 Å². The van der Waals surface area contributed by atoms with E-state index in [-0.39, 0.29) is 5.60 Å². The molecule has 0 atom stereocenters. The van der Waals surface area contributed by atoms with Crippen molar-refractivity contribution in [2.75, 3.05) is 18.0 Å². The lowest BCUT2D eigenvalue weighted by Crippen LogP contribution is -2.44. The minimum Gasteiger partial charge on any atom is -0.487 e. The number of hydrogen-bond acceptors (Lipinski definition) is 2. The van der Waals surface area contributed by atoms with E-state index in [2.05, 4.69) is 29.2 Å². The van der Waals surface area contributed by atoms with Crippen molar-refractivity contribution >= 4 is 5.69 Å². The molecule has 0 radical (unpaired) electrons. The zero-order chi connectivity index (χ0) is 14.1. The molecule has 2 nitrogen and oxygen atoms in total. The Labute approximate surface area is 128 Å². The van der Waals surface area contributed by atoms with Crippen LogP contribution in [0.5, 0.6) is 5.75 Å². The van der Waals surface area contributed by atoms with E-state index in [4.69, 9.17) is 4.74 Å². The maximum Gasteiger partial charge on any atom is 0.120 e. The summed E-state index contributed by atoms with van der Waals surface area (Å²) < 4.78 is 6.45. The molecule has 0 aromatic heterocycles. The quantitative estimate of drug-likeness (QED) is 0.792. The molecule has 2 heteroatoms. The average molecular weight is 285 g/mol. The first-order valence-electron chi connectivity index (χ1n) is 8.87. The van der Waals surface area contributed by atoms with Crippen molar-refractivity contribution in [1.82, 2.24) is 0 Å². The van der Waals surface area contributed by atoms with Crippen LogP contribution >= 0.6 is 0 Å². The molecule has 4 fully saturated rings. The SMILES string of the molecule is c1cc(N2CCCCC2)ccc1OC12CCC(CC1)CC2. The molecule has 0 N–H and O–H groups in total. The Morgan fingerprint density at radius 1 is 0.857 bits per heavy atom. The summed E-state index contributed by atoms with van der Waals surface area (Å²) in [5.41, 5.74) is 1.54. The lowest BCUT2D eigenvalue weighted by Gasteiger charge is -2.46. The van der Waals surface area contributed by atoms with Crippen LogP contribution in [0.3, 0.4) is 0 Å². The van der Waals surface area contributed by atoms with Gasteiger partial charge in [0.2, 0.25) is 0 Å². The molecule has 114 valence electrons. The second-order valence-corrected chi connectivity index (χ2v) is 7.31. The van der Waals surface area contributed by atoms with Gasteiger partial charge in [-0.05, 0) is 88.0 Å². The third-order valence-electron chi connectivity index (χ3n) is 5.92. The molecule has 0 spiro atoms. The molecule has 4 aliphatic rings. The van der Waals surface area contributed by atoms with Gasteiger partial charge in [-0.2, -0.15) is 0 Å². The number of nitrogens with zero attached hydrogens (tertiary/aromatic N) is 1. The van der Waals surface area contributed by atoms with Gasteiger partial charge in [-0.15, -0.1) is 0 Å². The maximum absolute atomic E-state index is 6.45. The van der Waals surface area contributed by atoms with E-state index >= 15 is 0 Å². The largest absolute Gasteiger partial charge is 0.487 e. The summed E-state index contributed by atoms with van der Waals surface area (Å²) in [5.74, 6) is 2.08. The van der Waals surface area contributed by atoms with Crippen LogP contribution in [0.4, 0.5) is 5.69 Å². The molecule has 5 rings (SSSR count). The molecule has 3 saturated carbocycles. The van der Waals surface area contributed by atoms with Crippen LogP contribution in [0.2, 0.25) is 0 Å². The summed E-state index contributed by atoms with van der Waals surface area (Å²) in [6.45, 7) is 2.43.